The van der Waals surface area contributed by atoms with Crippen molar-refractivity contribution >= 4 is 23.4 Å². The van der Waals surface area contributed by atoms with Gasteiger partial charge in [0.15, 0.2) is 12.1 Å². The van der Waals surface area contributed by atoms with Crippen LogP contribution in [0.5, 0.6) is 5.75 Å². The molecule has 3 aromatic rings. The summed E-state index contributed by atoms with van der Waals surface area (Å²) in [4.78, 5) is 28.9. The van der Waals surface area contributed by atoms with Crippen LogP contribution in [0, 0.1) is 5.92 Å². The van der Waals surface area contributed by atoms with E-state index in [-0.39, 0.29) is 23.7 Å². The number of nitrogens with zero attached hydrogens (tertiary/aromatic N) is 1. The van der Waals surface area contributed by atoms with Crippen molar-refractivity contribution in [1.29, 1.82) is 0 Å². The number of carbonyl (C=O) groups is 2. The van der Waals surface area contributed by atoms with Crippen molar-refractivity contribution in [2.24, 2.45) is 11.7 Å². The number of nitrogens with two attached hydrogens (primary N) is 1. The van der Waals surface area contributed by atoms with Gasteiger partial charge >= 0.3 is 5.92 Å². The van der Waals surface area contributed by atoms with Crippen LogP contribution in [0.25, 0.3) is 11.1 Å². The van der Waals surface area contributed by atoms with E-state index >= 15 is 8.78 Å². The molecule has 1 saturated carbocycles. The maximum Gasteiger partial charge on any atom is 0.302 e. The summed E-state index contributed by atoms with van der Waals surface area (Å²) in [5, 5.41) is 13.8. The molecule has 10 heteroatoms. The number of aliphatic hydroxyl groups excluding tert-OH is 1. The van der Waals surface area contributed by atoms with E-state index in [0.29, 0.717) is 54.5 Å². The van der Waals surface area contributed by atoms with Crippen molar-refractivity contribution in [1.82, 2.24) is 10.2 Å². The minimum atomic E-state index is -3.79. The first kappa shape index (κ1) is 33.4. The second kappa shape index (κ2) is 14.3. The summed E-state index contributed by atoms with van der Waals surface area (Å²) in [5.74, 6) is -4.63. The Morgan fingerprint density at radius 2 is 1.47 bits per heavy atom. The molecule has 250 valence electrons. The fraction of sp³-hybridized carbons (Fsp3) is 0.459. The van der Waals surface area contributed by atoms with Crippen molar-refractivity contribution in [3.63, 3.8) is 0 Å². The van der Waals surface area contributed by atoms with E-state index in [9.17, 15) is 14.7 Å². The van der Waals surface area contributed by atoms with Crippen molar-refractivity contribution in [2.45, 2.75) is 94.0 Å². The van der Waals surface area contributed by atoms with E-state index < -0.39 is 35.4 Å². The molecule has 0 spiro atoms. The average Bonchev–Trinajstić information content (AvgIpc) is 3.36. The molecular formula is C37H42ClF2N3O4. The number of nitrogens with one attached hydrogen (secondary N) is 1. The van der Waals surface area contributed by atoms with Crippen LogP contribution in [0.15, 0.2) is 72.8 Å². The second-order valence-electron chi connectivity index (χ2n) is 13.3. The minimum absolute atomic E-state index is 0.109. The number of amides is 2. The number of fused-ring (bicyclic) bond motifs is 2. The Balaban J connectivity index is 1.21. The van der Waals surface area contributed by atoms with Gasteiger partial charge in [-0.1, -0.05) is 79.4 Å². The molecule has 47 heavy (non-hydrogen) atoms. The lowest BCUT2D eigenvalue weighted by Crippen LogP contribution is -2.61. The SMILES string of the molecule is NC1CC2CCC(C1)N2C(=O)[C@@H](NC(=O)C(O)c1ccc(OCC2CCCCC2)cc1)C(F)(F)c1ccc(-c2ccc(Cl)cc2)cc1. The lowest BCUT2D eigenvalue weighted by atomic mass is 9.90. The highest BCUT2D eigenvalue weighted by molar-refractivity contribution is 6.30. The van der Waals surface area contributed by atoms with E-state index in [0.717, 1.165) is 18.4 Å². The van der Waals surface area contributed by atoms with Gasteiger partial charge in [-0.05, 0) is 85.4 Å². The van der Waals surface area contributed by atoms with Gasteiger partial charge in [-0.15, -0.1) is 0 Å². The van der Waals surface area contributed by atoms with Crippen molar-refractivity contribution < 1.29 is 28.2 Å². The molecule has 3 fully saturated rings. The number of benzene rings is 3. The van der Waals surface area contributed by atoms with E-state index in [1.807, 2.05) is 0 Å². The Morgan fingerprint density at radius 1 is 0.894 bits per heavy atom. The summed E-state index contributed by atoms with van der Waals surface area (Å²) in [5.41, 5.74) is 7.45. The summed E-state index contributed by atoms with van der Waals surface area (Å²) >= 11 is 5.99. The fourth-order valence-electron chi connectivity index (χ4n) is 7.42. The first-order valence-corrected chi connectivity index (χ1v) is 17.0. The molecule has 0 aromatic heterocycles. The predicted octanol–water partition coefficient (Wildman–Crippen LogP) is 6.76. The van der Waals surface area contributed by atoms with Crippen LogP contribution < -0.4 is 15.8 Å². The zero-order chi connectivity index (χ0) is 33.1. The summed E-state index contributed by atoms with van der Waals surface area (Å²) in [6.45, 7) is 0.603. The molecule has 0 radical (unpaired) electrons. The predicted molar refractivity (Wildman–Crippen MR) is 177 cm³/mol. The highest BCUT2D eigenvalue weighted by atomic mass is 35.5. The van der Waals surface area contributed by atoms with Gasteiger partial charge in [0, 0.05) is 28.7 Å². The number of ether oxygens (including phenoxy) is 1. The summed E-state index contributed by atoms with van der Waals surface area (Å²) in [6, 6.07) is 16.1. The summed E-state index contributed by atoms with van der Waals surface area (Å²) in [7, 11) is 0. The maximum absolute atomic E-state index is 16.5. The van der Waals surface area contributed by atoms with Crippen LogP contribution in [0.2, 0.25) is 5.02 Å². The van der Waals surface area contributed by atoms with Crippen molar-refractivity contribution in [3.8, 4) is 16.9 Å². The average molecular weight is 666 g/mol. The Labute approximate surface area is 279 Å². The lowest BCUT2D eigenvalue weighted by molar-refractivity contribution is -0.155. The van der Waals surface area contributed by atoms with Gasteiger partial charge in [-0.2, -0.15) is 8.78 Å². The van der Waals surface area contributed by atoms with E-state index in [1.165, 1.54) is 48.4 Å². The number of halogens is 3. The van der Waals surface area contributed by atoms with Gasteiger partial charge in [-0.25, -0.2) is 0 Å². The zero-order valence-corrected chi connectivity index (χ0v) is 27.0. The topological polar surface area (TPSA) is 105 Å². The van der Waals surface area contributed by atoms with Crippen LogP contribution in [0.1, 0.15) is 75.0 Å². The third-order valence-corrected chi connectivity index (χ3v) is 10.3. The van der Waals surface area contributed by atoms with Crippen LogP contribution in [-0.2, 0) is 15.5 Å². The molecular weight excluding hydrogens is 624 g/mol. The number of hydrogen-bond donors (Lipinski definition) is 3. The van der Waals surface area contributed by atoms with E-state index in [4.69, 9.17) is 22.1 Å². The monoisotopic (exact) mass is 665 g/mol. The molecule has 7 nitrogen and oxygen atoms in total. The fourth-order valence-corrected chi connectivity index (χ4v) is 7.54. The Kier molecular flexibility index (Phi) is 10.2. The summed E-state index contributed by atoms with van der Waals surface area (Å²) < 4.78 is 38.9. The molecule has 2 aliphatic heterocycles. The van der Waals surface area contributed by atoms with E-state index in [1.54, 1.807) is 48.5 Å². The zero-order valence-electron chi connectivity index (χ0n) is 26.3. The molecule has 1 aliphatic carbocycles. The van der Waals surface area contributed by atoms with Crippen molar-refractivity contribution in [3.05, 3.63) is 88.9 Å². The minimum Gasteiger partial charge on any atom is -0.493 e. The van der Waals surface area contributed by atoms with Crippen molar-refractivity contribution in [2.75, 3.05) is 6.61 Å². The molecule has 2 amide bonds. The summed E-state index contributed by atoms with van der Waals surface area (Å²) in [6.07, 6.45) is 6.55. The third-order valence-electron chi connectivity index (χ3n) is 10.0. The quantitative estimate of drug-likeness (QED) is 0.222. The highest BCUT2D eigenvalue weighted by Gasteiger charge is 2.53. The Morgan fingerprint density at radius 3 is 2.06 bits per heavy atom. The van der Waals surface area contributed by atoms with Crippen LogP contribution in [0.3, 0.4) is 0 Å². The maximum atomic E-state index is 16.5. The number of alkyl halides is 2. The molecule has 4 N–H and O–H groups in total. The van der Waals surface area contributed by atoms with Crippen LogP contribution >= 0.6 is 11.6 Å². The van der Waals surface area contributed by atoms with Crippen LogP contribution in [0.4, 0.5) is 8.78 Å². The van der Waals surface area contributed by atoms with Crippen LogP contribution in [-0.4, -0.2) is 52.6 Å². The standard InChI is InChI=1S/C37H42ClF2N3O4/c38-28-14-8-25(9-15-28)24-6-12-27(13-7-24)37(39,40)34(36(46)43-30-16-17-31(43)21-29(41)20-30)42-35(45)33(44)26-10-18-32(19-11-26)47-22-23-4-2-1-3-5-23/h6-15,18-19,23,29-31,33-34,44H,1-5,16-17,20-22,41H2,(H,42,45)/t29?,30?,31?,33?,34-/m1/s1. The number of aliphatic hydroxyl groups is 1. The van der Waals surface area contributed by atoms with Gasteiger partial charge < -0.3 is 25.8 Å². The Bertz CT molecular complexity index is 1520. The largest absolute Gasteiger partial charge is 0.493 e. The molecule has 4 atom stereocenters. The Hall–Kier alpha value is -3.53. The third kappa shape index (κ3) is 7.47. The normalized spacial score (nSPS) is 22.8. The van der Waals surface area contributed by atoms with E-state index in [2.05, 4.69) is 5.32 Å². The number of rotatable bonds is 10. The number of carbonyl (C=O) groups excluding carboxylic acids is 2. The van der Waals surface area contributed by atoms with Gasteiger partial charge in [0.1, 0.15) is 5.75 Å². The van der Waals surface area contributed by atoms with Gasteiger partial charge in [-0.3, -0.25) is 9.59 Å². The number of piperidine rings is 1. The first-order valence-electron chi connectivity index (χ1n) is 16.6. The molecule has 3 aliphatic rings. The molecule has 2 saturated heterocycles. The van der Waals surface area contributed by atoms with Gasteiger partial charge in [0.2, 0.25) is 0 Å². The highest BCUT2D eigenvalue weighted by Crippen LogP contribution is 2.40. The van der Waals surface area contributed by atoms with Gasteiger partial charge in [0.05, 0.1) is 6.61 Å². The number of hydrogen-bond acceptors (Lipinski definition) is 5. The second-order valence-corrected chi connectivity index (χ2v) is 13.7. The lowest BCUT2D eigenvalue weighted by Gasteiger charge is -2.41. The first-order chi connectivity index (χ1) is 22.6. The van der Waals surface area contributed by atoms with Gasteiger partial charge in [0.25, 0.3) is 11.8 Å². The smallest absolute Gasteiger partial charge is 0.302 e. The molecule has 3 aromatic carbocycles. The molecule has 2 heterocycles. The molecule has 6 rings (SSSR count). The molecule has 2 bridgehead atoms. The molecule has 3 unspecified atom stereocenters.